The molecule has 0 saturated carbocycles. The van der Waals surface area contributed by atoms with Crippen molar-refractivity contribution in [2.45, 2.75) is 64.3 Å². The molecule has 4 amide bonds. The molecular formula is C35H41N7O8. The van der Waals surface area contributed by atoms with Gasteiger partial charge in [-0.3, -0.25) is 24.0 Å². The first-order valence-electron chi connectivity index (χ1n) is 16.9. The number of amides is 4. The predicted molar refractivity (Wildman–Crippen MR) is 180 cm³/mol. The number of benzene rings is 1. The average molecular weight is 688 g/mol. The molecule has 3 aliphatic heterocycles. The highest BCUT2D eigenvalue weighted by Crippen LogP contribution is 2.40. The van der Waals surface area contributed by atoms with Crippen LogP contribution >= 0.6 is 0 Å². The SMILES string of the molecule is CCN(CCc1c2c(nc3ccccc13)-c1cc3c(c(=O)n1C2)COC(=O)[C@]3(O)CC)C(=O)[C@@H]1CCCN1C(=O)CNC(=O)CNC(=O)CN. The Kier molecular flexibility index (Phi) is 9.71. The van der Waals surface area contributed by atoms with Crippen LogP contribution < -0.4 is 21.9 Å². The largest absolute Gasteiger partial charge is 0.458 e. The number of para-hydroxylation sites is 1. The number of carbonyl (C=O) groups is 5. The molecule has 264 valence electrons. The van der Waals surface area contributed by atoms with Gasteiger partial charge in [-0.2, -0.15) is 0 Å². The highest BCUT2D eigenvalue weighted by atomic mass is 16.6. The summed E-state index contributed by atoms with van der Waals surface area (Å²) in [6.45, 7) is 3.81. The second-order valence-electron chi connectivity index (χ2n) is 12.7. The molecule has 1 fully saturated rings. The highest BCUT2D eigenvalue weighted by molar-refractivity contribution is 5.92. The van der Waals surface area contributed by atoms with Crippen LogP contribution in [0.4, 0.5) is 0 Å². The third-order valence-corrected chi connectivity index (χ3v) is 9.96. The van der Waals surface area contributed by atoms with Crippen molar-refractivity contribution < 1.29 is 33.8 Å². The number of hydrogen-bond donors (Lipinski definition) is 4. The van der Waals surface area contributed by atoms with Gasteiger partial charge in [-0.25, -0.2) is 9.78 Å². The number of rotatable bonds is 11. The Hall–Kier alpha value is -5.15. The maximum absolute atomic E-state index is 13.9. The summed E-state index contributed by atoms with van der Waals surface area (Å²) in [7, 11) is 0. The molecule has 2 aromatic heterocycles. The van der Waals surface area contributed by atoms with E-state index in [-0.39, 0.29) is 67.7 Å². The van der Waals surface area contributed by atoms with E-state index in [0.717, 1.165) is 16.5 Å². The van der Waals surface area contributed by atoms with Crippen LogP contribution in [0.2, 0.25) is 0 Å². The summed E-state index contributed by atoms with van der Waals surface area (Å²) >= 11 is 0. The molecule has 0 bridgehead atoms. The van der Waals surface area contributed by atoms with E-state index >= 15 is 0 Å². The summed E-state index contributed by atoms with van der Waals surface area (Å²) in [4.78, 5) is 85.0. The number of pyridine rings is 2. The molecule has 1 aromatic carbocycles. The van der Waals surface area contributed by atoms with Crippen molar-refractivity contribution in [3.05, 3.63) is 62.9 Å². The number of fused-ring (bicyclic) bond motifs is 5. The van der Waals surface area contributed by atoms with Gasteiger partial charge >= 0.3 is 5.97 Å². The number of carbonyl (C=O) groups excluding carboxylic acids is 5. The summed E-state index contributed by atoms with van der Waals surface area (Å²) < 4.78 is 6.81. The molecular weight excluding hydrogens is 646 g/mol. The predicted octanol–water partition coefficient (Wildman–Crippen LogP) is -0.347. The van der Waals surface area contributed by atoms with Crippen molar-refractivity contribution in [3.63, 3.8) is 0 Å². The molecule has 15 nitrogen and oxygen atoms in total. The summed E-state index contributed by atoms with van der Waals surface area (Å²) in [6, 6.07) is 8.64. The molecule has 0 aliphatic carbocycles. The van der Waals surface area contributed by atoms with Crippen LogP contribution in [0, 0.1) is 0 Å². The number of likely N-dealkylation sites (tertiary alicyclic amines) is 1. The van der Waals surface area contributed by atoms with E-state index in [1.165, 1.54) is 4.90 Å². The lowest BCUT2D eigenvalue weighted by molar-refractivity contribution is -0.172. The second-order valence-corrected chi connectivity index (χ2v) is 12.7. The third-order valence-electron chi connectivity index (χ3n) is 9.96. The van der Waals surface area contributed by atoms with E-state index in [9.17, 15) is 33.9 Å². The topological polar surface area (TPSA) is 206 Å². The number of nitrogens with zero attached hydrogens (tertiary/aromatic N) is 4. The lowest BCUT2D eigenvalue weighted by Crippen LogP contribution is -2.51. The fourth-order valence-corrected chi connectivity index (χ4v) is 7.19. The van der Waals surface area contributed by atoms with Crippen LogP contribution in [0.25, 0.3) is 22.3 Å². The van der Waals surface area contributed by atoms with E-state index in [1.807, 2.05) is 31.2 Å². The molecule has 0 spiro atoms. The van der Waals surface area contributed by atoms with Gasteiger partial charge in [0, 0.05) is 36.1 Å². The van der Waals surface area contributed by atoms with E-state index in [1.54, 1.807) is 22.5 Å². The molecule has 0 radical (unpaired) electrons. The van der Waals surface area contributed by atoms with Crippen LogP contribution in [0.15, 0.2) is 35.1 Å². The quantitative estimate of drug-likeness (QED) is 0.151. The maximum Gasteiger partial charge on any atom is 0.343 e. The average Bonchev–Trinajstić information content (AvgIpc) is 3.77. The van der Waals surface area contributed by atoms with Crippen molar-refractivity contribution in [1.29, 1.82) is 0 Å². The number of esters is 1. The van der Waals surface area contributed by atoms with Gasteiger partial charge in [0.25, 0.3) is 5.56 Å². The standard InChI is InChI=1S/C35H41N7O8/c1-3-35(49)24-14-27-31-22(18-42(27)32(46)23(24)19-50-34(35)48)20(21-8-5-6-9-25(21)39-31)11-13-40(4-2)33(47)26-10-7-12-41(26)30(45)17-38-29(44)16-37-28(43)15-36/h5-6,8-9,14,26,49H,3-4,7,10-13,15-19,36H2,1-2H3,(H,37,43)(H,38,44)/t26-,35-/m0/s1. The molecule has 3 aliphatic rings. The fraction of sp³-hybridized carbons (Fsp3) is 0.457. The Morgan fingerprint density at radius 2 is 1.86 bits per heavy atom. The van der Waals surface area contributed by atoms with E-state index in [4.69, 9.17) is 15.5 Å². The third kappa shape index (κ3) is 6.11. The van der Waals surface area contributed by atoms with Gasteiger partial charge in [0.05, 0.1) is 48.6 Å². The smallest absolute Gasteiger partial charge is 0.343 e. The minimum Gasteiger partial charge on any atom is -0.458 e. The molecule has 15 heteroatoms. The molecule has 5 heterocycles. The summed E-state index contributed by atoms with van der Waals surface area (Å²) in [5.41, 5.74) is 6.99. The highest BCUT2D eigenvalue weighted by Gasteiger charge is 2.45. The summed E-state index contributed by atoms with van der Waals surface area (Å²) in [6.07, 6.45) is 1.62. The van der Waals surface area contributed by atoms with Crippen molar-refractivity contribution >= 4 is 40.5 Å². The van der Waals surface area contributed by atoms with Crippen molar-refractivity contribution in [2.75, 3.05) is 39.3 Å². The van der Waals surface area contributed by atoms with Crippen LogP contribution in [0.5, 0.6) is 0 Å². The second kappa shape index (κ2) is 14.0. The molecule has 1 saturated heterocycles. The monoisotopic (exact) mass is 687 g/mol. The van der Waals surface area contributed by atoms with Crippen LogP contribution in [-0.2, 0) is 53.9 Å². The van der Waals surface area contributed by atoms with Gasteiger partial charge < -0.3 is 40.6 Å². The molecule has 2 atom stereocenters. The minimum atomic E-state index is -1.93. The minimum absolute atomic E-state index is 0.0411. The Morgan fingerprint density at radius 3 is 2.60 bits per heavy atom. The number of ether oxygens (including phenoxy) is 1. The molecule has 0 unspecified atom stereocenters. The Bertz CT molecular complexity index is 1960. The van der Waals surface area contributed by atoms with Crippen LogP contribution in [0.1, 0.15) is 55.4 Å². The summed E-state index contributed by atoms with van der Waals surface area (Å²) in [5, 5.41) is 17.0. The normalized spacial score (nSPS) is 19.0. The number of nitrogens with one attached hydrogen (secondary N) is 2. The van der Waals surface area contributed by atoms with Crippen LogP contribution in [-0.4, -0.2) is 99.4 Å². The van der Waals surface area contributed by atoms with Crippen LogP contribution in [0.3, 0.4) is 0 Å². The van der Waals surface area contributed by atoms with Crippen molar-refractivity contribution in [3.8, 4) is 11.4 Å². The van der Waals surface area contributed by atoms with Gasteiger partial charge in [-0.15, -0.1) is 0 Å². The lowest BCUT2D eigenvalue weighted by Gasteiger charge is -2.31. The number of hydrogen-bond acceptors (Lipinski definition) is 10. The zero-order valence-corrected chi connectivity index (χ0v) is 28.1. The molecule has 3 aromatic rings. The first-order valence-corrected chi connectivity index (χ1v) is 16.9. The number of likely N-dealkylation sites (N-methyl/N-ethyl adjacent to an activating group) is 1. The fourth-order valence-electron chi connectivity index (χ4n) is 7.19. The van der Waals surface area contributed by atoms with Gasteiger partial charge in [0.1, 0.15) is 12.6 Å². The number of cyclic esters (lactones) is 1. The molecule has 5 N–H and O–H groups in total. The van der Waals surface area contributed by atoms with Gasteiger partial charge in [-0.1, -0.05) is 25.1 Å². The number of aromatic nitrogens is 2. The first-order chi connectivity index (χ1) is 24.0. The van der Waals surface area contributed by atoms with E-state index in [2.05, 4.69) is 10.6 Å². The van der Waals surface area contributed by atoms with Crippen molar-refractivity contribution in [1.82, 2.24) is 30.0 Å². The van der Waals surface area contributed by atoms with E-state index in [0.29, 0.717) is 55.8 Å². The lowest BCUT2D eigenvalue weighted by atomic mass is 9.86. The van der Waals surface area contributed by atoms with Gasteiger partial charge in [0.2, 0.25) is 23.6 Å². The van der Waals surface area contributed by atoms with E-state index < -0.39 is 29.4 Å². The Morgan fingerprint density at radius 1 is 1.10 bits per heavy atom. The Labute approximate surface area is 287 Å². The summed E-state index contributed by atoms with van der Waals surface area (Å²) in [5.74, 6) is -2.39. The Balaban J connectivity index is 1.23. The zero-order valence-electron chi connectivity index (χ0n) is 28.1. The van der Waals surface area contributed by atoms with Gasteiger partial charge in [-0.05, 0) is 50.3 Å². The van der Waals surface area contributed by atoms with Crippen molar-refractivity contribution in [2.24, 2.45) is 5.73 Å². The van der Waals surface area contributed by atoms with Gasteiger partial charge in [0.15, 0.2) is 5.60 Å². The number of aliphatic hydroxyl groups is 1. The maximum atomic E-state index is 13.9. The first kappa shape index (κ1) is 34.7. The molecule has 50 heavy (non-hydrogen) atoms. The zero-order chi connectivity index (χ0) is 35.7. The number of nitrogens with two attached hydrogens (primary N) is 1. The molecule has 6 rings (SSSR count).